The molecule has 0 spiro atoms. The minimum Gasteiger partial charge on any atom is -0.370 e. The average Bonchev–Trinajstić information content (AvgIpc) is 3.15. The number of benzene rings is 1. The second-order valence-corrected chi connectivity index (χ2v) is 6.77. The molecule has 5 nitrogen and oxygen atoms in total. The maximum Gasteiger partial charge on any atom is 0.237 e. The van der Waals surface area contributed by atoms with Crippen molar-refractivity contribution in [3.8, 4) is 0 Å². The highest BCUT2D eigenvalue weighted by atomic mass is 19.1. The molecule has 1 saturated heterocycles. The summed E-state index contributed by atoms with van der Waals surface area (Å²) in [6.45, 7) is 5.03. The zero-order valence-corrected chi connectivity index (χ0v) is 15.0. The number of rotatable bonds is 7. The molecule has 2 N–H and O–H groups in total. The monoisotopic (exact) mass is 356 g/mol. The lowest BCUT2D eigenvalue weighted by Crippen LogP contribution is -2.44. The Bertz CT molecular complexity index is 708. The van der Waals surface area contributed by atoms with E-state index in [-0.39, 0.29) is 17.8 Å². The highest BCUT2D eigenvalue weighted by molar-refractivity contribution is 5.81. The molecular weight excluding hydrogens is 331 g/mol. The van der Waals surface area contributed by atoms with E-state index in [0.717, 1.165) is 37.4 Å². The first-order valence-corrected chi connectivity index (χ1v) is 9.03. The van der Waals surface area contributed by atoms with Crippen molar-refractivity contribution in [3.63, 3.8) is 0 Å². The first-order valence-electron chi connectivity index (χ1n) is 9.03. The zero-order chi connectivity index (χ0) is 18.4. The van der Waals surface area contributed by atoms with Gasteiger partial charge in [0.25, 0.3) is 0 Å². The van der Waals surface area contributed by atoms with Crippen LogP contribution in [0.1, 0.15) is 18.9 Å². The maximum atomic E-state index is 12.9. The van der Waals surface area contributed by atoms with Crippen molar-refractivity contribution in [1.82, 2.24) is 15.2 Å². The van der Waals surface area contributed by atoms with Gasteiger partial charge in [-0.05, 0) is 55.6 Å². The van der Waals surface area contributed by atoms with Crippen LogP contribution in [0.25, 0.3) is 0 Å². The summed E-state index contributed by atoms with van der Waals surface area (Å²) in [5.41, 5.74) is 0.894. The van der Waals surface area contributed by atoms with Crippen LogP contribution in [0.4, 0.5) is 10.2 Å². The number of hydrogen-bond acceptors (Lipinski definition) is 4. The summed E-state index contributed by atoms with van der Waals surface area (Å²) in [7, 11) is 0. The fourth-order valence-corrected chi connectivity index (χ4v) is 3.20. The molecule has 2 aromatic rings. The number of halogens is 1. The van der Waals surface area contributed by atoms with Crippen molar-refractivity contribution in [1.29, 1.82) is 0 Å². The largest absolute Gasteiger partial charge is 0.370 e. The van der Waals surface area contributed by atoms with E-state index in [1.165, 1.54) is 12.1 Å². The fourth-order valence-electron chi connectivity index (χ4n) is 3.20. The van der Waals surface area contributed by atoms with Crippen LogP contribution in [-0.2, 0) is 11.3 Å². The van der Waals surface area contributed by atoms with E-state index in [4.69, 9.17) is 0 Å². The number of pyridine rings is 1. The summed E-state index contributed by atoms with van der Waals surface area (Å²) < 4.78 is 12.9. The summed E-state index contributed by atoms with van der Waals surface area (Å²) in [4.78, 5) is 18.9. The van der Waals surface area contributed by atoms with Crippen molar-refractivity contribution >= 4 is 11.7 Å². The molecule has 1 aliphatic rings. The first-order chi connectivity index (χ1) is 12.6. The molecule has 1 aromatic carbocycles. The van der Waals surface area contributed by atoms with Crippen molar-refractivity contribution < 1.29 is 9.18 Å². The lowest BCUT2D eigenvalue weighted by Gasteiger charge is -2.23. The third kappa shape index (κ3) is 5.02. The van der Waals surface area contributed by atoms with Gasteiger partial charge in [0, 0.05) is 25.8 Å². The lowest BCUT2D eigenvalue weighted by molar-refractivity contribution is -0.125. The van der Waals surface area contributed by atoms with E-state index >= 15 is 0 Å². The van der Waals surface area contributed by atoms with Crippen LogP contribution in [0.5, 0.6) is 0 Å². The van der Waals surface area contributed by atoms with Crippen LogP contribution in [0.15, 0.2) is 48.7 Å². The topological polar surface area (TPSA) is 57.3 Å². The highest BCUT2D eigenvalue weighted by Crippen LogP contribution is 2.19. The van der Waals surface area contributed by atoms with Crippen LogP contribution >= 0.6 is 0 Å². The molecular formula is C20H25FN4O. The third-order valence-corrected chi connectivity index (χ3v) is 4.86. The van der Waals surface area contributed by atoms with E-state index in [1.807, 2.05) is 25.1 Å². The molecule has 2 heterocycles. The van der Waals surface area contributed by atoms with Crippen molar-refractivity contribution in [2.75, 3.05) is 25.0 Å². The van der Waals surface area contributed by atoms with Crippen molar-refractivity contribution in [2.45, 2.75) is 25.9 Å². The van der Waals surface area contributed by atoms with Crippen LogP contribution < -0.4 is 10.6 Å². The van der Waals surface area contributed by atoms with Gasteiger partial charge in [-0.1, -0.05) is 18.2 Å². The maximum absolute atomic E-state index is 12.9. The smallest absolute Gasteiger partial charge is 0.237 e. The highest BCUT2D eigenvalue weighted by Gasteiger charge is 2.29. The van der Waals surface area contributed by atoms with Crippen molar-refractivity contribution in [2.24, 2.45) is 5.92 Å². The van der Waals surface area contributed by atoms with Gasteiger partial charge in [0.05, 0.1) is 6.04 Å². The lowest BCUT2D eigenvalue weighted by atomic mass is 10.1. The molecule has 1 amide bonds. The molecule has 0 bridgehead atoms. The van der Waals surface area contributed by atoms with Gasteiger partial charge in [-0.15, -0.1) is 0 Å². The second kappa shape index (κ2) is 8.76. The van der Waals surface area contributed by atoms with Gasteiger partial charge in [-0.25, -0.2) is 9.37 Å². The molecule has 0 radical (unpaired) electrons. The summed E-state index contributed by atoms with van der Waals surface area (Å²) in [6.07, 6.45) is 2.84. The number of nitrogens with zero attached hydrogens (tertiary/aromatic N) is 2. The fraction of sp³-hybridized carbons (Fsp3) is 0.400. The summed E-state index contributed by atoms with van der Waals surface area (Å²) >= 11 is 0. The third-order valence-electron chi connectivity index (χ3n) is 4.86. The first kappa shape index (κ1) is 18.3. The number of aromatic nitrogens is 1. The van der Waals surface area contributed by atoms with Gasteiger partial charge in [0.15, 0.2) is 0 Å². The van der Waals surface area contributed by atoms with Crippen LogP contribution in [0.2, 0.25) is 0 Å². The molecule has 26 heavy (non-hydrogen) atoms. The minimum absolute atomic E-state index is 0.00709. The quantitative estimate of drug-likeness (QED) is 0.801. The molecule has 0 saturated carbocycles. The normalized spacial score (nSPS) is 18.5. The Labute approximate surface area is 153 Å². The van der Waals surface area contributed by atoms with Gasteiger partial charge in [-0.2, -0.15) is 0 Å². The van der Waals surface area contributed by atoms with Gasteiger partial charge in [0.1, 0.15) is 11.6 Å². The predicted octanol–water partition coefficient (Wildman–Crippen LogP) is 2.66. The zero-order valence-electron chi connectivity index (χ0n) is 15.0. The molecule has 1 fully saturated rings. The van der Waals surface area contributed by atoms with E-state index < -0.39 is 0 Å². The molecule has 0 aliphatic carbocycles. The Hall–Kier alpha value is -2.47. The summed E-state index contributed by atoms with van der Waals surface area (Å²) in [5.74, 6) is 1.13. The van der Waals surface area contributed by atoms with E-state index in [9.17, 15) is 9.18 Å². The SMILES string of the molecule is CC(C(=O)NCc1ccc(F)cc1)N1CCC(CNc2ccccn2)C1. The van der Waals surface area contributed by atoms with E-state index in [2.05, 4.69) is 20.5 Å². The standard InChI is InChI=1S/C20H25FN4O/c1-15(20(26)24-12-16-5-7-18(21)8-6-16)25-11-9-17(14-25)13-23-19-4-2-3-10-22-19/h2-8,10,15,17H,9,11-14H2,1H3,(H,22,23)(H,24,26). The molecule has 6 heteroatoms. The molecule has 138 valence electrons. The number of amides is 1. The Balaban J connectivity index is 1.42. The number of carbonyl (C=O) groups is 1. The number of nitrogens with one attached hydrogen (secondary N) is 2. The Kier molecular flexibility index (Phi) is 6.17. The molecule has 2 unspecified atom stereocenters. The number of carbonyl (C=O) groups excluding carboxylic acids is 1. The van der Waals surface area contributed by atoms with E-state index in [0.29, 0.717) is 12.5 Å². The minimum atomic E-state index is -0.268. The number of anilines is 1. The Morgan fingerprint density at radius 1 is 1.31 bits per heavy atom. The number of hydrogen-bond donors (Lipinski definition) is 2. The van der Waals surface area contributed by atoms with Crippen LogP contribution in [-0.4, -0.2) is 41.5 Å². The van der Waals surface area contributed by atoms with Crippen LogP contribution in [0.3, 0.4) is 0 Å². The average molecular weight is 356 g/mol. The van der Waals surface area contributed by atoms with E-state index in [1.54, 1.807) is 18.3 Å². The molecule has 1 aliphatic heterocycles. The van der Waals surface area contributed by atoms with Gasteiger partial charge < -0.3 is 10.6 Å². The summed E-state index contributed by atoms with van der Waals surface area (Å²) in [6, 6.07) is 11.8. The molecule has 1 aromatic heterocycles. The van der Waals surface area contributed by atoms with Gasteiger partial charge in [-0.3, -0.25) is 9.69 Å². The Morgan fingerprint density at radius 3 is 2.85 bits per heavy atom. The second-order valence-electron chi connectivity index (χ2n) is 6.77. The predicted molar refractivity (Wildman–Crippen MR) is 100 cm³/mol. The van der Waals surface area contributed by atoms with Crippen molar-refractivity contribution in [3.05, 3.63) is 60.0 Å². The molecule has 2 atom stereocenters. The van der Waals surface area contributed by atoms with Gasteiger partial charge >= 0.3 is 0 Å². The summed E-state index contributed by atoms with van der Waals surface area (Å²) in [5, 5.41) is 6.30. The number of likely N-dealkylation sites (tertiary alicyclic amines) is 1. The van der Waals surface area contributed by atoms with Crippen LogP contribution in [0, 0.1) is 11.7 Å². The molecule has 3 rings (SSSR count). The van der Waals surface area contributed by atoms with Gasteiger partial charge in [0.2, 0.25) is 5.91 Å². The Morgan fingerprint density at radius 2 is 2.12 bits per heavy atom.